The Bertz CT molecular complexity index is 541. The second-order valence-electron chi connectivity index (χ2n) is 4.62. The molecule has 0 spiro atoms. The summed E-state index contributed by atoms with van der Waals surface area (Å²) < 4.78 is 3.61. The number of hydrogen-bond donors (Lipinski definition) is 0. The molecule has 2 heterocycles. The lowest BCUT2D eigenvalue weighted by Crippen LogP contribution is -2.26. The van der Waals surface area contributed by atoms with Crippen molar-refractivity contribution in [2.45, 2.75) is 6.54 Å². The second-order valence-corrected chi connectivity index (χ2v) is 4.62. The van der Waals surface area contributed by atoms with Crippen LogP contribution in [0.4, 0.5) is 0 Å². The molecule has 0 aliphatic rings. The minimum atomic E-state index is 0.133. The molecule has 2 aromatic heterocycles. The van der Waals surface area contributed by atoms with Crippen LogP contribution in [-0.2, 0) is 20.6 Å². The van der Waals surface area contributed by atoms with Gasteiger partial charge in [0.25, 0.3) is 0 Å². The molecule has 0 aliphatic carbocycles. The quantitative estimate of drug-likeness (QED) is 0.741. The standard InChI is InChI=1S/C13H18N4O/c1-15(8-11-7-14-17(3)9-11)10-13(18)12-5-4-6-16(12)2/h4-7,9H,8,10H2,1-3H3. The van der Waals surface area contributed by atoms with Gasteiger partial charge in [-0.1, -0.05) is 0 Å². The maximum atomic E-state index is 12.0. The van der Waals surface area contributed by atoms with E-state index in [0.29, 0.717) is 6.54 Å². The maximum absolute atomic E-state index is 12.0. The van der Waals surface area contributed by atoms with Crippen LogP contribution in [0.1, 0.15) is 16.1 Å². The fourth-order valence-corrected chi connectivity index (χ4v) is 2.00. The molecule has 0 unspecified atom stereocenters. The van der Waals surface area contributed by atoms with Crippen molar-refractivity contribution >= 4 is 5.78 Å². The third-order valence-electron chi connectivity index (χ3n) is 2.85. The Hall–Kier alpha value is -1.88. The van der Waals surface area contributed by atoms with E-state index >= 15 is 0 Å². The summed E-state index contributed by atoms with van der Waals surface area (Å²) in [5.74, 6) is 0.133. The average Bonchev–Trinajstić information content (AvgIpc) is 2.87. The van der Waals surface area contributed by atoms with Crippen LogP contribution in [0.15, 0.2) is 30.7 Å². The SMILES string of the molecule is CN(CC(=O)c1cccn1C)Cc1cnn(C)c1. The number of likely N-dealkylation sites (N-methyl/N-ethyl adjacent to an activating group) is 1. The molecule has 18 heavy (non-hydrogen) atoms. The number of aromatic nitrogens is 3. The molecule has 0 amide bonds. The molecule has 0 fully saturated rings. The Morgan fingerprint density at radius 1 is 1.44 bits per heavy atom. The fraction of sp³-hybridized carbons (Fsp3) is 0.385. The molecule has 0 radical (unpaired) electrons. The van der Waals surface area contributed by atoms with E-state index in [4.69, 9.17) is 0 Å². The number of carbonyl (C=O) groups excluding carboxylic acids is 1. The molecule has 5 nitrogen and oxygen atoms in total. The molecular weight excluding hydrogens is 228 g/mol. The number of hydrogen-bond acceptors (Lipinski definition) is 3. The second kappa shape index (κ2) is 5.18. The summed E-state index contributed by atoms with van der Waals surface area (Å²) in [5, 5.41) is 4.11. The summed E-state index contributed by atoms with van der Waals surface area (Å²) in [4.78, 5) is 14.0. The maximum Gasteiger partial charge on any atom is 0.193 e. The van der Waals surface area contributed by atoms with E-state index in [0.717, 1.165) is 17.8 Å². The molecule has 0 saturated carbocycles. The van der Waals surface area contributed by atoms with Crippen molar-refractivity contribution in [1.29, 1.82) is 0 Å². The van der Waals surface area contributed by atoms with E-state index in [1.165, 1.54) is 0 Å². The van der Waals surface area contributed by atoms with Gasteiger partial charge < -0.3 is 4.57 Å². The highest BCUT2D eigenvalue weighted by Gasteiger charge is 2.12. The van der Waals surface area contributed by atoms with Crippen molar-refractivity contribution in [2.24, 2.45) is 14.1 Å². The molecule has 0 aliphatic heterocycles. The lowest BCUT2D eigenvalue weighted by atomic mass is 10.2. The first kappa shape index (κ1) is 12.6. The third kappa shape index (κ3) is 2.87. The van der Waals surface area contributed by atoms with Crippen LogP contribution in [0, 0.1) is 0 Å². The minimum absolute atomic E-state index is 0.133. The summed E-state index contributed by atoms with van der Waals surface area (Å²) in [7, 11) is 5.71. The van der Waals surface area contributed by atoms with Crippen molar-refractivity contribution in [3.05, 3.63) is 42.0 Å². The molecule has 0 saturated heterocycles. The Morgan fingerprint density at radius 3 is 2.78 bits per heavy atom. The first-order chi connectivity index (χ1) is 8.56. The number of nitrogens with zero attached hydrogens (tertiary/aromatic N) is 4. The number of ketones is 1. The van der Waals surface area contributed by atoms with Crippen molar-refractivity contribution in [3.8, 4) is 0 Å². The average molecular weight is 246 g/mol. The van der Waals surface area contributed by atoms with Gasteiger partial charge in [0.05, 0.1) is 18.4 Å². The van der Waals surface area contributed by atoms with E-state index in [-0.39, 0.29) is 5.78 Å². The lowest BCUT2D eigenvalue weighted by molar-refractivity contribution is 0.0935. The van der Waals surface area contributed by atoms with Crippen LogP contribution in [-0.4, -0.2) is 38.6 Å². The highest BCUT2D eigenvalue weighted by Crippen LogP contribution is 2.05. The van der Waals surface area contributed by atoms with E-state index in [1.807, 2.05) is 61.3 Å². The Labute approximate surface area is 107 Å². The van der Waals surface area contributed by atoms with E-state index in [1.54, 1.807) is 4.68 Å². The van der Waals surface area contributed by atoms with Crippen molar-refractivity contribution in [1.82, 2.24) is 19.2 Å². The van der Waals surface area contributed by atoms with Gasteiger partial charge in [-0.25, -0.2) is 0 Å². The number of aryl methyl sites for hydroxylation is 2. The molecular formula is C13H18N4O. The van der Waals surface area contributed by atoms with Crippen molar-refractivity contribution in [3.63, 3.8) is 0 Å². The van der Waals surface area contributed by atoms with Gasteiger partial charge in [-0.15, -0.1) is 0 Å². The van der Waals surface area contributed by atoms with Crippen LogP contribution < -0.4 is 0 Å². The molecule has 0 atom stereocenters. The Morgan fingerprint density at radius 2 is 2.22 bits per heavy atom. The van der Waals surface area contributed by atoms with Crippen molar-refractivity contribution < 1.29 is 4.79 Å². The zero-order chi connectivity index (χ0) is 13.1. The van der Waals surface area contributed by atoms with E-state index in [2.05, 4.69) is 5.10 Å². The van der Waals surface area contributed by atoms with Crippen LogP contribution >= 0.6 is 0 Å². The van der Waals surface area contributed by atoms with Gasteiger partial charge in [0.15, 0.2) is 5.78 Å². The monoisotopic (exact) mass is 246 g/mol. The third-order valence-corrected chi connectivity index (χ3v) is 2.85. The van der Waals surface area contributed by atoms with Crippen LogP contribution in [0.5, 0.6) is 0 Å². The number of rotatable bonds is 5. The largest absolute Gasteiger partial charge is 0.348 e. The smallest absolute Gasteiger partial charge is 0.193 e. The summed E-state index contributed by atoms with van der Waals surface area (Å²) in [5.41, 5.74) is 1.85. The Kier molecular flexibility index (Phi) is 3.62. The normalized spacial score (nSPS) is 11.1. The highest BCUT2D eigenvalue weighted by molar-refractivity contribution is 5.96. The van der Waals surface area contributed by atoms with Gasteiger partial charge in [0.2, 0.25) is 0 Å². The lowest BCUT2D eigenvalue weighted by Gasteiger charge is -2.14. The molecule has 2 aromatic rings. The highest BCUT2D eigenvalue weighted by atomic mass is 16.1. The molecule has 0 aromatic carbocycles. The Balaban J connectivity index is 1.93. The molecule has 0 N–H and O–H groups in total. The summed E-state index contributed by atoms with van der Waals surface area (Å²) in [6, 6.07) is 3.73. The van der Waals surface area contributed by atoms with E-state index < -0.39 is 0 Å². The van der Waals surface area contributed by atoms with Gasteiger partial charge in [-0.2, -0.15) is 5.10 Å². The molecule has 96 valence electrons. The zero-order valence-electron chi connectivity index (χ0n) is 11.0. The first-order valence-electron chi connectivity index (χ1n) is 5.87. The summed E-state index contributed by atoms with van der Waals surface area (Å²) in [6.45, 7) is 1.14. The van der Waals surface area contributed by atoms with Gasteiger partial charge >= 0.3 is 0 Å². The van der Waals surface area contributed by atoms with Crippen LogP contribution in [0.3, 0.4) is 0 Å². The molecule has 0 bridgehead atoms. The van der Waals surface area contributed by atoms with Gasteiger partial charge in [-0.3, -0.25) is 14.4 Å². The van der Waals surface area contributed by atoms with E-state index in [9.17, 15) is 4.79 Å². The van der Waals surface area contributed by atoms with Crippen molar-refractivity contribution in [2.75, 3.05) is 13.6 Å². The fourth-order valence-electron chi connectivity index (χ4n) is 2.00. The first-order valence-corrected chi connectivity index (χ1v) is 5.87. The van der Waals surface area contributed by atoms with Crippen LogP contribution in [0.2, 0.25) is 0 Å². The topological polar surface area (TPSA) is 43.1 Å². The number of carbonyl (C=O) groups is 1. The zero-order valence-corrected chi connectivity index (χ0v) is 11.0. The van der Waals surface area contributed by atoms with Crippen LogP contribution in [0.25, 0.3) is 0 Å². The molecule has 5 heteroatoms. The predicted molar refractivity (Wildman–Crippen MR) is 69.3 cm³/mol. The van der Waals surface area contributed by atoms with Gasteiger partial charge in [0.1, 0.15) is 0 Å². The number of Topliss-reactive ketones (excluding diaryl/α,β-unsaturated/α-hetero) is 1. The summed E-state index contributed by atoms with van der Waals surface area (Å²) in [6.07, 6.45) is 5.67. The summed E-state index contributed by atoms with van der Waals surface area (Å²) >= 11 is 0. The van der Waals surface area contributed by atoms with Gasteiger partial charge in [-0.05, 0) is 19.2 Å². The predicted octanol–water partition coefficient (Wildman–Crippen LogP) is 1.07. The minimum Gasteiger partial charge on any atom is -0.348 e. The molecule has 2 rings (SSSR count). The van der Waals surface area contributed by atoms with Gasteiger partial charge in [0, 0.05) is 38.6 Å².